The van der Waals surface area contributed by atoms with Crippen molar-refractivity contribution in [2.45, 2.75) is 32.9 Å². The number of rotatable bonds is 4. The van der Waals surface area contributed by atoms with E-state index in [4.69, 9.17) is 0 Å². The Balaban J connectivity index is 2.68. The molecule has 7 nitrogen and oxygen atoms in total. The lowest BCUT2D eigenvalue weighted by atomic mass is 9.98. The van der Waals surface area contributed by atoms with E-state index < -0.39 is 10.5 Å². The summed E-state index contributed by atoms with van der Waals surface area (Å²) < 4.78 is 1.24. The minimum atomic E-state index is -1.33. The molecule has 2 aromatic rings. The maximum absolute atomic E-state index is 12.2. The van der Waals surface area contributed by atoms with E-state index in [9.17, 15) is 20.0 Å². The van der Waals surface area contributed by atoms with E-state index in [2.05, 4.69) is 5.10 Å². The number of aryl methyl sites for hydroxylation is 1. The molecule has 1 aromatic heterocycles. The number of hydrogen-bond acceptors (Lipinski definition) is 5. The number of nitro benzene ring substituents is 1. The number of hydrogen-bond donors (Lipinski definition) is 1. The van der Waals surface area contributed by atoms with E-state index in [1.54, 1.807) is 19.1 Å². The Hall–Kier alpha value is -2.54. The quantitative estimate of drug-likeness (QED) is 0.688. The summed E-state index contributed by atoms with van der Waals surface area (Å²) in [5.74, 6) is 0. The van der Waals surface area contributed by atoms with Crippen LogP contribution in [0.5, 0.6) is 0 Å². The predicted octanol–water partition coefficient (Wildman–Crippen LogP) is 2.07. The maximum atomic E-state index is 12.2. The molecule has 0 bridgehead atoms. The van der Waals surface area contributed by atoms with Crippen LogP contribution >= 0.6 is 0 Å². The standard InChI is InChI=1S/C15H17N3O4/c1-4-17-14(19)12(15(2,3)20)9-13(16-17)10-6-5-7-11(8-10)18(21)22/h5-9,20H,4H2,1-3H3. The van der Waals surface area contributed by atoms with Crippen molar-refractivity contribution in [1.29, 1.82) is 0 Å². The van der Waals surface area contributed by atoms with E-state index in [1.807, 2.05) is 0 Å². The van der Waals surface area contributed by atoms with Gasteiger partial charge < -0.3 is 5.11 Å². The van der Waals surface area contributed by atoms with Gasteiger partial charge in [-0.2, -0.15) is 5.10 Å². The Bertz CT molecular complexity index is 775. The van der Waals surface area contributed by atoms with E-state index in [0.717, 1.165) is 0 Å². The number of benzene rings is 1. The Kier molecular flexibility index (Phi) is 4.09. The zero-order valence-corrected chi connectivity index (χ0v) is 12.6. The average Bonchev–Trinajstić information content (AvgIpc) is 2.46. The minimum Gasteiger partial charge on any atom is -0.386 e. The van der Waals surface area contributed by atoms with Gasteiger partial charge in [0.05, 0.1) is 21.8 Å². The summed E-state index contributed by atoms with van der Waals surface area (Å²) in [6.07, 6.45) is 0. The largest absolute Gasteiger partial charge is 0.386 e. The van der Waals surface area contributed by atoms with E-state index in [0.29, 0.717) is 17.8 Å². The van der Waals surface area contributed by atoms with Crippen molar-refractivity contribution in [3.05, 3.63) is 56.4 Å². The molecular formula is C15H17N3O4. The molecule has 2 rings (SSSR count). The molecule has 0 atom stereocenters. The van der Waals surface area contributed by atoms with Gasteiger partial charge in [0.15, 0.2) is 0 Å². The van der Waals surface area contributed by atoms with Gasteiger partial charge in [0.1, 0.15) is 0 Å². The first-order valence-corrected chi connectivity index (χ1v) is 6.84. The van der Waals surface area contributed by atoms with Crippen LogP contribution in [0, 0.1) is 10.1 Å². The topological polar surface area (TPSA) is 98.3 Å². The first-order valence-electron chi connectivity index (χ1n) is 6.84. The molecule has 0 amide bonds. The summed E-state index contributed by atoms with van der Waals surface area (Å²) >= 11 is 0. The van der Waals surface area contributed by atoms with Gasteiger partial charge in [-0.05, 0) is 26.8 Å². The molecule has 0 fully saturated rings. The molecule has 116 valence electrons. The van der Waals surface area contributed by atoms with Crippen molar-refractivity contribution in [3.63, 3.8) is 0 Å². The average molecular weight is 303 g/mol. The van der Waals surface area contributed by atoms with E-state index in [1.165, 1.54) is 36.7 Å². The van der Waals surface area contributed by atoms with Crippen LogP contribution in [0.25, 0.3) is 11.3 Å². The van der Waals surface area contributed by atoms with Gasteiger partial charge in [-0.25, -0.2) is 4.68 Å². The highest BCUT2D eigenvalue weighted by atomic mass is 16.6. The lowest BCUT2D eigenvalue weighted by molar-refractivity contribution is -0.384. The third-order valence-corrected chi connectivity index (χ3v) is 3.29. The molecule has 1 N–H and O–H groups in total. The highest BCUT2D eigenvalue weighted by Crippen LogP contribution is 2.24. The van der Waals surface area contributed by atoms with Gasteiger partial charge in [-0.15, -0.1) is 0 Å². The van der Waals surface area contributed by atoms with Gasteiger partial charge in [-0.1, -0.05) is 12.1 Å². The summed E-state index contributed by atoms with van der Waals surface area (Å²) in [6, 6.07) is 7.49. The number of aromatic nitrogens is 2. The molecule has 0 radical (unpaired) electrons. The van der Waals surface area contributed by atoms with Gasteiger partial charge in [-0.3, -0.25) is 14.9 Å². The molecule has 0 aliphatic rings. The number of aliphatic hydroxyl groups is 1. The van der Waals surface area contributed by atoms with Crippen molar-refractivity contribution in [3.8, 4) is 11.3 Å². The summed E-state index contributed by atoms with van der Waals surface area (Å²) in [7, 11) is 0. The fourth-order valence-corrected chi connectivity index (χ4v) is 2.11. The van der Waals surface area contributed by atoms with Gasteiger partial charge in [0.2, 0.25) is 0 Å². The second kappa shape index (κ2) is 5.69. The molecule has 0 aliphatic carbocycles. The molecule has 22 heavy (non-hydrogen) atoms. The monoisotopic (exact) mass is 303 g/mol. The normalized spacial score (nSPS) is 11.5. The van der Waals surface area contributed by atoms with Crippen LogP contribution in [0.3, 0.4) is 0 Å². The Morgan fingerprint density at radius 1 is 1.36 bits per heavy atom. The second-order valence-electron chi connectivity index (χ2n) is 5.43. The zero-order valence-electron chi connectivity index (χ0n) is 12.6. The van der Waals surface area contributed by atoms with Gasteiger partial charge in [0, 0.05) is 24.2 Å². The Morgan fingerprint density at radius 2 is 2.05 bits per heavy atom. The summed E-state index contributed by atoms with van der Waals surface area (Å²) in [5.41, 5.74) is -0.635. The first-order chi connectivity index (χ1) is 10.2. The van der Waals surface area contributed by atoms with Crippen LogP contribution in [-0.2, 0) is 12.1 Å². The predicted molar refractivity (Wildman–Crippen MR) is 81.5 cm³/mol. The Labute approximate surface area is 127 Å². The number of nitrogens with zero attached hydrogens (tertiary/aromatic N) is 3. The van der Waals surface area contributed by atoms with Crippen LogP contribution in [0.15, 0.2) is 35.1 Å². The minimum absolute atomic E-state index is 0.0571. The van der Waals surface area contributed by atoms with Crippen molar-refractivity contribution in [1.82, 2.24) is 9.78 Å². The van der Waals surface area contributed by atoms with E-state index >= 15 is 0 Å². The molecular weight excluding hydrogens is 286 g/mol. The molecule has 0 unspecified atom stereocenters. The van der Waals surface area contributed by atoms with Crippen LogP contribution in [0.4, 0.5) is 5.69 Å². The summed E-state index contributed by atoms with van der Waals surface area (Å²) in [5, 5.41) is 25.2. The number of nitro groups is 1. The van der Waals surface area contributed by atoms with Crippen LogP contribution < -0.4 is 5.56 Å². The first kappa shape index (κ1) is 15.8. The molecule has 0 saturated heterocycles. The Morgan fingerprint density at radius 3 is 2.59 bits per heavy atom. The molecule has 0 spiro atoms. The van der Waals surface area contributed by atoms with Gasteiger partial charge in [0.25, 0.3) is 11.2 Å². The molecule has 0 saturated carbocycles. The fourth-order valence-electron chi connectivity index (χ4n) is 2.11. The molecule has 1 aromatic carbocycles. The lowest BCUT2D eigenvalue weighted by Crippen LogP contribution is -2.33. The van der Waals surface area contributed by atoms with E-state index in [-0.39, 0.29) is 16.8 Å². The smallest absolute Gasteiger partial charge is 0.272 e. The third kappa shape index (κ3) is 3.04. The van der Waals surface area contributed by atoms with Crippen molar-refractivity contribution >= 4 is 5.69 Å². The maximum Gasteiger partial charge on any atom is 0.272 e. The SMILES string of the molecule is CCn1nc(-c2cccc([N+](=O)[O-])c2)cc(C(C)(C)O)c1=O. The highest BCUT2D eigenvalue weighted by molar-refractivity contribution is 5.62. The molecule has 0 aliphatic heterocycles. The highest BCUT2D eigenvalue weighted by Gasteiger charge is 2.23. The lowest BCUT2D eigenvalue weighted by Gasteiger charge is -2.19. The number of non-ortho nitro benzene ring substituents is 1. The summed E-state index contributed by atoms with van der Waals surface area (Å²) in [4.78, 5) is 22.6. The van der Waals surface area contributed by atoms with Crippen molar-refractivity contribution in [2.24, 2.45) is 0 Å². The third-order valence-electron chi connectivity index (χ3n) is 3.29. The second-order valence-corrected chi connectivity index (χ2v) is 5.43. The van der Waals surface area contributed by atoms with Crippen LogP contribution in [0.1, 0.15) is 26.3 Å². The van der Waals surface area contributed by atoms with Crippen molar-refractivity contribution in [2.75, 3.05) is 0 Å². The van der Waals surface area contributed by atoms with Gasteiger partial charge >= 0.3 is 0 Å². The zero-order chi connectivity index (χ0) is 16.5. The van der Waals surface area contributed by atoms with Crippen molar-refractivity contribution < 1.29 is 10.0 Å². The molecule has 1 heterocycles. The molecule has 7 heteroatoms. The fraction of sp³-hybridized carbons (Fsp3) is 0.333. The van der Waals surface area contributed by atoms with Crippen LogP contribution in [0.2, 0.25) is 0 Å². The van der Waals surface area contributed by atoms with Crippen LogP contribution in [-0.4, -0.2) is 19.8 Å². The summed E-state index contributed by atoms with van der Waals surface area (Å²) in [6.45, 7) is 5.13.